The molecule has 0 radical (unpaired) electrons. The van der Waals surface area contributed by atoms with Crippen LogP contribution >= 0.6 is 11.6 Å². The molecule has 0 saturated carbocycles. The summed E-state index contributed by atoms with van der Waals surface area (Å²) in [5.74, 6) is 0.903. The van der Waals surface area contributed by atoms with E-state index < -0.39 is 0 Å². The molecule has 1 unspecified atom stereocenters. The number of morpholine rings is 1. The molecule has 4 nitrogen and oxygen atoms in total. The largest absolute Gasteiger partial charge is 0.378 e. The molecule has 1 atom stereocenters. The number of rotatable bonds is 2. The Hall–Kier alpha value is -1.26. The quantitative estimate of drug-likeness (QED) is 0.781. The van der Waals surface area contributed by atoms with E-state index >= 15 is 0 Å². The summed E-state index contributed by atoms with van der Waals surface area (Å²) in [6.07, 6.45) is 0. The summed E-state index contributed by atoms with van der Waals surface area (Å²) in [6, 6.07) is 8.14. The third-order valence-electron chi connectivity index (χ3n) is 3.19. The summed E-state index contributed by atoms with van der Waals surface area (Å²) in [6.45, 7) is 5.21. The minimum absolute atomic E-state index is 0.111. The van der Waals surface area contributed by atoms with Crippen LogP contribution in [0.5, 0.6) is 0 Å². The Bertz CT molecular complexity index is 546. The van der Waals surface area contributed by atoms with Gasteiger partial charge < -0.3 is 9.75 Å². The highest BCUT2D eigenvalue weighted by Gasteiger charge is 2.20. The first-order chi connectivity index (χ1) is 8.77. The molecule has 1 aliphatic heterocycles. The van der Waals surface area contributed by atoms with Crippen molar-refractivity contribution in [2.24, 2.45) is 0 Å². The maximum atomic E-state index is 6.26. The molecule has 0 aliphatic carbocycles. The maximum absolute atomic E-state index is 6.26. The Balaban J connectivity index is 2.14. The lowest BCUT2D eigenvalue weighted by molar-refractivity contribution is 0.111. The highest BCUT2D eigenvalue weighted by atomic mass is 35.5. The van der Waals surface area contributed by atoms with Gasteiger partial charge in [0.05, 0.1) is 42.7 Å². The number of imidazole rings is 1. The standard InChI is InChI=1S/C13H16ClN3O/c1-10(14)13-15-11-4-2-3-5-12(11)17(13)16-6-8-18-9-7-16/h2-5,10H,6-9H2,1H3. The van der Waals surface area contributed by atoms with Crippen LogP contribution in [0.1, 0.15) is 18.1 Å². The molecule has 1 aromatic carbocycles. The molecule has 5 heteroatoms. The molecule has 2 aromatic rings. The van der Waals surface area contributed by atoms with Crippen LogP contribution in [0.15, 0.2) is 24.3 Å². The molecular weight excluding hydrogens is 250 g/mol. The van der Waals surface area contributed by atoms with Crippen LogP contribution in [0.3, 0.4) is 0 Å². The van der Waals surface area contributed by atoms with Gasteiger partial charge in [-0.15, -0.1) is 11.6 Å². The van der Waals surface area contributed by atoms with Gasteiger partial charge in [0.1, 0.15) is 5.82 Å². The van der Waals surface area contributed by atoms with E-state index in [1.165, 1.54) is 0 Å². The number of aromatic nitrogens is 2. The van der Waals surface area contributed by atoms with Crippen LogP contribution in [-0.4, -0.2) is 36.0 Å². The lowest BCUT2D eigenvalue weighted by Crippen LogP contribution is -2.44. The molecular formula is C13H16ClN3O. The van der Waals surface area contributed by atoms with Gasteiger partial charge in [-0.05, 0) is 19.1 Å². The van der Waals surface area contributed by atoms with Gasteiger partial charge in [0, 0.05) is 0 Å². The van der Waals surface area contributed by atoms with E-state index in [1.54, 1.807) is 0 Å². The number of hydrogen-bond acceptors (Lipinski definition) is 3. The van der Waals surface area contributed by atoms with Crippen LogP contribution in [0.4, 0.5) is 0 Å². The first-order valence-electron chi connectivity index (χ1n) is 6.22. The molecule has 0 amide bonds. The molecule has 1 aliphatic rings. The van der Waals surface area contributed by atoms with Crippen molar-refractivity contribution in [2.75, 3.05) is 31.3 Å². The Morgan fingerprint density at radius 3 is 2.72 bits per heavy atom. The van der Waals surface area contributed by atoms with Crippen molar-refractivity contribution < 1.29 is 4.74 Å². The summed E-state index contributed by atoms with van der Waals surface area (Å²) < 4.78 is 7.55. The second-order valence-electron chi connectivity index (χ2n) is 4.45. The van der Waals surface area contributed by atoms with Crippen molar-refractivity contribution >= 4 is 22.6 Å². The smallest absolute Gasteiger partial charge is 0.146 e. The number of benzene rings is 1. The van der Waals surface area contributed by atoms with Gasteiger partial charge in [-0.2, -0.15) is 0 Å². The van der Waals surface area contributed by atoms with E-state index in [9.17, 15) is 0 Å². The lowest BCUT2D eigenvalue weighted by atomic mass is 10.3. The van der Waals surface area contributed by atoms with E-state index in [-0.39, 0.29) is 5.38 Å². The Labute approximate surface area is 111 Å². The maximum Gasteiger partial charge on any atom is 0.146 e. The van der Waals surface area contributed by atoms with Crippen molar-refractivity contribution in [3.8, 4) is 0 Å². The molecule has 1 saturated heterocycles. The van der Waals surface area contributed by atoms with Crippen molar-refractivity contribution in [2.45, 2.75) is 12.3 Å². The monoisotopic (exact) mass is 265 g/mol. The van der Waals surface area contributed by atoms with Gasteiger partial charge >= 0.3 is 0 Å². The van der Waals surface area contributed by atoms with Gasteiger partial charge in [-0.1, -0.05) is 12.1 Å². The Morgan fingerprint density at radius 2 is 2.00 bits per heavy atom. The zero-order valence-electron chi connectivity index (χ0n) is 10.3. The second kappa shape index (κ2) is 4.78. The molecule has 1 aromatic heterocycles. The number of fused-ring (bicyclic) bond motifs is 1. The summed E-state index contributed by atoms with van der Waals surface area (Å²) in [4.78, 5) is 4.64. The first-order valence-corrected chi connectivity index (χ1v) is 6.65. The number of nitrogens with zero attached hydrogens (tertiary/aromatic N) is 3. The van der Waals surface area contributed by atoms with E-state index in [4.69, 9.17) is 16.3 Å². The predicted octanol–water partition coefficient (Wildman–Crippen LogP) is 2.30. The van der Waals surface area contributed by atoms with Crippen LogP contribution in [0, 0.1) is 0 Å². The molecule has 0 bridgehead atoms. The minimum Gasteiger partial charge on any atom is -0.378 e. The van der Waals surface area contributed by atoms with E-state index in [0.29, 0.717) is 0 Å². The molecule has 96 valence electrons. The predicted molar refractivity (Wildman–Crippen MR) is 72.8 cm³/mol. The summed E-state index contributed by atoms with van der Waals surface area (Å²) in [7, 11) is 0. The summed E-state index contributed by atoms with van der Waals surface area (Å²) >= 11 is 6.26. The fourth-order valence-corrected chi connectivity index (χ4v) is 2.48. The average Bonchev–Trinajstić information content (AvgIpc) is 2.79. The first kappa shape index (κ1) is 11.8. The van der Waals surface area contributed by atoms with Gasteiger partial charge in [0.2, 0.25) is 0 Å². The zero-order valence-corrected chi connectivity index (χ0v) is 11.1. The number of alkyl halides is 1. The van der Waals surface area contributed by atoms with Crippen LogP contribution in [-0.2, 0) is 4.74 Å². The molecule has 2 heterocycles. The van der Waals surface area contributed by atoms with Gasteiger partial charge in [0.15, 0.2) is 0 Å². The Kier molecular flexibility index (Phi) is 3.14. The third kappa shape index (κ3) is 1.95. The minimum atomic E-state index is -0.111. The molecule has 1 fully saturated rings. The van der Waals surface area contributed by atoms with E-state index in [1.807, 2.05) is 25.1 Å². The van der Waals surface area contributed by atoms with E-state index in [2.05, 4.69) is 20.7 Å². The molecule has 3 rings (SSSR count). The third-order valence-corrected chi connectivity index (χ3v) is 3.38. The summed E-state index contributed by atoms with van der Waals surface area (Å²) in [5.41, 5.74) is 2.10. The highest BCUT2D eigenvalue weighted by molar-refractivity contribution is 6.20. The normalized spacial score (nSPS) is 18.2. The van der Waals surface area contributed by atoms with Gasteiger partial charge in [0.25, 0.3) is 0 Å². The van der Waals surface area contributed by atoms with Gasteiger partial charge in [-0.3, -0.25) is 0 Å². The topological polar surface area (TPSA) is 30.3 Å². The number of ether oxygens (including phenoxy) is 1. The van der Waals surface area contributed by atoms with Crippen LogP contribution in [0.25, 0.3) is 11.0 Å². The van der Waals surface area contributed by atoms with Gasteiger partial charge in [-0.25, -0.2) is 9.66 Å². The van der Waals surface area contributed by atoms with Crippen LogP contribution < -0.4 is 5.01 Å². The number of para-hydroxylation sites is 2. The Morgan fingerprint density at radius 1 is 1.28 bits per heavy atom. The molecule has 18 heavy (non-hydrogen) atoms. The van der Waals surface area contributed by atoms with Crippen molar-refractivity contribution in [3.63, 3.8) is 0 Å². The SMILES string of the molecule is CC(Cl)c1nc2ccccc2n1N1CCOCC1. The molecule has 0 N–H and O–H groups in total. The highest BCUT2D eigenvalue weighted by Crippen LogP contribution is 2.25. The van der Waals surface area contributed by atoms with Crippen molar-refractivity contribution in [3.05, 3.63) is 30.1 Å². The van der Waals surface area contributed by atoms with Crippen LogP contribution in [0.2, 0.25) is 0 Å². The fourth-order valence-electron chi connectivity index (χ4n) is 2.34. The van der Waals surface area contributed by atoms with E-state index in [0.717, 1.165) is 43.2 Å². The lowest BCUT2D eigenvalue weighted by Gasteiger charge is -2.31. The molecule has 0 spiro atoms. The van der Waals surface area contributed by atoms with Crippen molar-refractivity contribution in [1.82, 2.24) is 9.66 Å². The number of halogens is 1. The summed E-state index contributed by atoms with van der Waals surface area (Å²) in [5, 5.41) is 2.15. The second-order valence-corrected chi connectivity index (χ2v) is 5.11. The fraction of sp³-hybridized carbons (Fsp3) is 0.462. The van der Waals surface area contributed by atoms with Crippen molar-refractivity contribution in [1.29, 1.82) is 0 Å². The average molecular weight is 266 g/mol. The number of hydrogen-bond donors (Lipinski definition) is 0. The zero-order chi connectivity index (χ0) is 12.5.